The first-order valence-corrected chi connectivity index (χ1v) is 6.88. The summed E-state index contributed by atoms with van der Waals surface area (Å²) in [7, 11) is 1.68. The summed E-state index contributed by atoms with van der Waals surface area (Å²) in [5.41, 5.74) is 1.19. The van der Waals surface area contributed by atoms with Crippen molar-refractivity contribution in [2.75, 3.05) is 12.9 Å². The van der Waals surface area contributed by atoms with Crippen LogP contribution in [0, 0.1) is 0 Å². The number of ether oxygens (including phenoxy) is 2. The fourth-order valence-corrected chi connectivity index (χ4v) is 3.03. The van der Waals surface area contributed by atoms with Gasteiger partial charge >= 0.3 is 0 Å². The Bertz CT molecular complexity index is 536. The van der Waals surface area contributed by atoms with Crippen LogP contribution in [0.1, 0.15) is 11.7 Å². The highest BCUT2D eigenvalue weighted by Crippen LogP contribution is 2.40. The van der Waals surface area contributed by atoms with E-state index in [-0.39, 0.29) is 6.10 Å². The molecule has 0 spiro atoms. The molecule has 2 nitrogen and oxygen atoms in total. The third-order valence-electron chi connectivity index (χ3n) is 3.00. The number of hydrogen-bond donors (Lipinski definition) is 0. The fraction of sp³-hybridized carbons (Fsp3) is 0.200. The van der Waals surface area contributed by atoms with Crippen LogP contribution in [-0.4, -0.2) is 12.9 Å². The van der Waals surface area contributed by atoms with Gasteiger partial charge in [-0.2, -0.15) is 0 Å². The molecule has 0 fully saturated rings. The first-order chi connectivity index (χ1) is 8.86. The molecule has 0 saturated heterocycles. The summed E-state index contributed by atoms with van der Waals surface area (Å²) >= 11 is 1.85. The smallest absolute Gasteiger partial charge is 0.133 e. The molecule has 0 saturated carbocycles. The van der Waals surface area contributed by atoms with Gasteiger partial charge in [-0.1, -0.05) is 24.3 Å². The van der Waals surface area contributed by atoms with Gasteiger partial charge < -0.3 is 9.47 Å². The van der Waals surface area contributed by atoms with Crippen molar-refractivity contribution in [3.63, 3.8) is 0 Å². The van der Waals surface area contributed by atoms with Gasteiger partial charge in [-0.05, 0) is 29.8 Å². The lowest BCUT2D eigenvalue weighted by molar-refractivity contribution is 0.220. The molecule has 0 radical (unpaired) electrons. The average molecular weight is 258 g/mol. The third kappa shape index (κ3) is 2.18. The zero-order valence-corrected chi connectivity index (χ0v) is 10.9. The number of benzene rings is 2. The Morgan fingerprint density at radius 1 is 1.11 bits per heavy atom. The van der Waals surface area contributed by atoms with E-state index >= 15 is 0 Å². The summed E-state index contributed by atoms with van der Waals surface area (Å²) in [5, 5.41) is 0. The molecule has 1 unspecified atom stereocenters. The minimum absolute atomic E-state index is 0.121. The van der Waals surface area contributed by atoms with E-state index in [0.717, 1.165) is 17.3 Å². The molecule has 1 aliphatic heterocycles. The molecule has 0 amide bonds. The van der Waals surface area contributed by atoms with Crippen LogP contribution in [0.4, 0.5) is 0 Å². The molecule has 3 rings (SSSR count). The van der Waals surface area contributed by atoms with E-state index in [1.165, 1.54) is 10.5 Å². The first-order valence-electron chi connectivity index (χ1n) is 5.89. The lowest BCUT2D eigenvalue weighted by Gasteiger charge is -2.25. The summed E-state index contributed by atoms with van der Waals surface area (Å²) < 4.78 is 11.2. The van der Waals surface area contributed by atoms with Crippen LogP contribution in [0.5, 0.6) is 11.5 Å². The van der Waals surface area contributed by atoms with E-state index in [1.54, 1.807) is 7.11 Å². The largest absolute Gasteiger partial charge is 0.497 e. The summed E-state index contributed by atoms with van der Waals surface area (Å²) in [5.74, 6) is 2.81. The maximum atomic E-state index is 6.03. The molecule has 1 heterocycles. The number of para-hydroxylation sites is 1. The second-order valence-electron chi connectivity index (χ2n) is 4.14. The number of methoxy groups -OCH3 is 1. The summed E-state index contributed by atoms with van der Waals surface area (Å²) in [6.45, 7) is 0. The van der Waals surface area contributed by atoms with Crippen molar-refractivity contribution in [2.24, 2.45) is 0 Å². The Morgan fingerprint density at radius 3 is 2.67 bits per heavy atom. The van der Waals surface area contributed by atoms with Crippen LogP contribution >= 0.6 is 11.8 Å². The van der Waals surface area contributed by atoms with Gasteiger partial charge in [-0.25, -0.2) is 0 Å². The molecular weight excluding hydrogens is 244 g/mol. The lowest BCUT2D eigenvalue weighted by Crippen LogP contribution is -2.14. The molecule has 1 atom stereocenters. The second-order valence-corrected chi connectivity index (χ2v) is 5.20. The SMILES string of the molecule is COc1ccc(C2CSc3ccccc3O2)cc1. The predicted octanol–water partition coefficient (Wildman–Crippen LogP) is 3.92. The molecule has 2 aromatic carbocycles. The molecule has 0 N–H and O–H groups in total. The normalized spacial score (nSPS) is 17.7. The van der Waals surface area contributed by atoms with Crippen LogP contribution in [0.25, 0.3) is 0 Å². The van der Waals surface area contributed by atoms with E-state index in [1.807, 2.05) is 42.1 Å². The monoisotopic (exact) mass is 258 g/mol. The highest BCUT2D eigenvalue weighted by atomic mass is 32.2. The van der Waals surface area contributed by atoms with E-state index in [0.29, 0.717) is 0 Å². The van der Waals surface area contributed by atoms with Crippen LogP contribution in [0.2, 0.25) is 0 Å². The van der Waals surface area contributed by atoms with Crippen molar-refractivity contribution < 1.29 is 9.47 Å². The first kappa shape index (κ1) is 11.5. The maximum absolute atomic E-state index is 6.03. The molecule has 18 heavy (non-hydrogen) atoms. The summed E-state index contributed by atoms with van der Waals surface area (Å²) in [6, 6.07) is 16.3. The van der Waals surface area contributed by atoms with Gasteiger partial charge in [-0.3, -0.25) is 0 Å². The fourth-order valence-electron chi connectivity index (χ4n) is 2.00. The molecular formula is C15H14O2S. The van der Waals surface area contributed by atoms with Gasteiger partial charge in [0.1, 0.15) is 17.6 Å². The molecule has 1 aliphatic rings. The third-order valence-corrected chi connectivity index (χ3v) is 4.11. The van der Waals surface area contributed by atoms with Gasteiger partial charge in [0.25, 0.3) is 0 Å². The minimum Gasteiger partial charge on any atom is -0.497 e. The standard InChI is InChI=1S/C15H14O2S/c1-16-12-8-6-11(7-9-12)14-10-18-15-5-3-2-4-13(15)17-14/h2-9,14H,10H2,1H3. The van der Waals surface area contributed by atoms with Crippen LogP contribution in [-0.2, 0) is 0 Å². The summed E-state index contributed by atoms with van der Waals surface area (Å²) in [6.07, 6.45) is 0.121. The van der Waals surface area contributed by atoms with E-state index in [4.69, 9.17) is 9.47 Å². The van der Waals surface area contributed by atoms with E-state index < -0.39 is 0 Å². The van der Waals surface area contributed by atoms with Crippen LogP contribution < -0.4 is 9.47 Å². The molecule has 2 aromatic rings. The highest BCUT2D eigenvalue weighted by molar-refractivity contribution is 7.99. The van der Waals surface area contributed by atoms with Crippen molar-refractivity contribution >= 4 is 11.8 Å². The Hall–Kier alpha value is -1.61. The average Bonchev–Trinajstić information content (AvgIpc) is 2.47. The van der Waals surface area contributed by atoms with Crippen molar-refractivity contribution in [2.45, 2.75) is 11.0 Å². The highest BCUT2D eigenvalue weighted by Gasteiger charge is 2.21. The van der Waals surface area contributed by atoms with E-state index in [2.05, 4.69) is 18.2 Å². The number of fused-ring (bicyclic) bond motifs is 1. The molecule has 92 valence electrons. The van der Waals surface area contributed by atoms with Gasteiger partial charge in [0.15, 0.2) is 0 Å². The molecule has 0 aliphatic carbocycles. The zero-order chi connectivity index (χ0) is 12.4. The number of rotatable bonds is 2. The minimum atomic E-state index is 0.121. The Kier molecular flexibility index (Phi) is 3.15. The second kappa shape index (κ2) is 4.94. The maximum Gasteiger partial charge on any atom is 0.133 e. The number of thioether (sulfide) groups is 1. The van der Waals surface area contributed by atoms with Crippen molar-refractivity contribution in [3.05, 3.63) is 54.1 Å². The van der Waals surface area contributed by atoms with Crippen LogP contribution in [0.15, 0.2) is 53.4 Å². The van der Waals surface area contributed by atoms with Crippen molar-refractivity contribution in [1.29, 1.82) is 0 Å². The Morgan fingerprint density at radius 2 is 1.89 bits per heavy atom. The predicted molar refractivity (Wildman–Crippen MR) is 73.5 cm³/mol. The Balaban J connectivity index is 1.82. The number of hydrogen-bond acceptors (Lipinski definition) is 3. The topological polar surface area (TPSA) is 18.5 Å². The van der Waals surface area contributed by atoms with Gasteiger partial charge in [0.05, 0.1) is 7.11 Å². The molecule has 3 heteroatoms. The van der Waals surface area contributed by atoms with E-state index in [9.17, 15) is 0 Å². The molecule has 0 aromatic heterocycles. The Labute approximate surface area is 111 Å². The van der Waals surface area contributed by atoms with Gasteiger partial charge in [0.2, 0.25) is 0 Å². The van der Waals surface area contributed by atoms with Gasteiger partial charge in [0, 0.05) is 10.6 Å². The van der Waals surface area contributed by atoms with Crippen LogP contribution in [0.3, 0.4) is 0 Å². The van der Waals surface area contributed by atoms with Crippen molar-refractivity contribution in [3.8, 4) is 11.5 Å². The molecule has 0 bridgehead atoms. The van der Waals surface area contributed by atoms with Crippen molar-refractivity contribution in [1.82, 2.24) is 0 Å². The lowest BCUT2D eigenvalue weighted by atomic mass is 10.1. The van der Waals surface area contributed by atoms with Gasteiger partial charge in [-0.15, -0.1) is 11.8 Å². The quantitative estimate of drug-likeness (QED) is 0.813. The zero-order valence-electron chi connectivity index (χ0n) is 10.1. The summed E-state index contributed by atoms with van der Waals surface area (Å²) in [4.78, 5) is 1.22.